The van der Waals surface area contributed by atoms with Crippen LogP contribution in [0.3, 0.4) is 0 Å². The van der Waals surface area contributed by atoms with Gasteiger partial charge in [0.25, 0.3) is 11.5 Å². The molecule has 2 N–H and O–H groups in total. The number of H-pyrrole nitrogens is 1. The number of carbonyl (C=O) groups is 1. The fourth-order valence-electron chi connectivity index (χ4n) is 4.58. The Bertz CT molecular complexity index is 1450. The van der Waals surface area contributed by atoms with Crippen LogP contribution in [0.25, 0.3) is 16.6 Å². The maximum absolute atomic E-state index is 13.5. The minimum atomic E-state index is -0.310. The quantitative estimate of drug-likeness (QED) is 0.309. The number of ether oxygens (including phenoxy) is 2. The molecule has 4 rings (SSSR count). The van der Waals surface area contributed by atoms with Gasteiger partial charge in [-0.1, -0.05) is 32.4 Å². The molecule has 8 nitrogen and oxygen atoms in total. The van der Waals surface area contributed by atoms with Gasteiger partial charge in [0.2, 0.25) is 0 Å². The van der Waals surface area contributed by atoms with E-state index < -0.39 is 0 Å². The SMILES string of the molecule is CCCC(C)c1ncn2c(C(=O)NCc3c(OCC)cc(C)[nH]c3=O)cc(-c3ccc(OC)cc3)cc12. The van der Waals surface area contributed by atoms with E-state index in [1.165, 1.54) is 0 Å². The highest BCUT2D eigenvalue weighted by Gasteiger charge is 2.20. The third-order valence-corrected chi connectivity index (χ3v) is 6.48. The number of fused-ring (bicyclic) bond motifs is 1. The van der Waals surface area contributed by atoms with Crippen molar-refractivity contribution in [2.45, 2.75) is 53.0 Å². The van der Waals surface area contributed by atoms with Crippen LogP contribution < -0.4 is 20.3 Å². The van der Waals surface area contributed by atoms with Crippen LogP contribution in [0, 0.1) is 6.92 Å². The molecule has 0 saturated carbocycles. The second-order valence-electron chi connectivity index (χ2n) is 9.17. The van der Waals surface area contributed by atoms with Gasteiger partial charge in [0.1, 0.15) is 23.5 Å². The molecule has 0 bridgehead atoms. The molecule has 0 spiro atoms. The van der Waals surface area contributed by atoms with E-state index in [1.807, 2.05) is 41.7 Å². The second kappa shape index (κ2) is 11.3. The van der Waals surface area contributed by atoms with Gasteiger partial charge in [0, 0.05) is 11.6 Å². The number of hydrogen-bond donors (Lipinski definition) is 2. The van der Waals surface area contributed by atoms with Crippen LogP contribution in [-0.2, 0) is 6.54 Å². The second-order valence-corrected chi connectivity index (χ2v) is 9.17. The van der Waals surface area contributed by atoms with Crippen molar-refractivity contribution in [2.24, 2.45) is 0 Å². The van der Waals surface area contributed by atoms with Gasteiger partial charge in [0.15, 0.2) is 0 Å². The van der Waals surface area contributed by atoms with Gasteiger partial charge in [-0.05, 0) is 61.7 Å². The van der Waals surface area contributed by atoms with Gasteiger partial charge >= 0.3 is 0 Å². The maximum Gasteiger partial charge on any atom is 0.268 e. The highest BCUT2D eigenvalue weighted by Crippen LogP contribution is 2.30. The topological polar surface area (TPSA) is 97.7 Å². The average Bonchev–Trinajstić information content (AvgIpc) is 3.32. The Morgan fingerprint density at radius 1 is 1.14 bits per heavy atom. The summed E-state index contributed by atoms with van der Waals surface area (Å²) >= 11 is 0. The number of methoxy groups -OCH3 is 1. The highest BCUT2D eigenvalue weighted by atomic mass is 16.5. The maximum atomic E-state index is 13.5. The standard InChI is InChI=1S/C29H34N4O4/c1-6-8-18(3)27-24-14-21(20-9-11-22(36-5)12-10-20)15-25(33(24)17-31-27)29(35)30-16-23-26(37-7-2)13-19(4)32-28(23)34/h9-15,17-18H,6-8,16H2,1-5H3,(H,30,35)(H,32,34). The molecule has 0 aliphatic rings. The predicted molar refractivity (Wildman–Crippen MR) is 145 cm³/mol. The highest BCUT2D eigenvalue weighted by molar-refractivity contribution is 5.95. The van der Waals surface area contributed by atoms with E-state index in [0.29, 0.717) is 29.3 Å². The Hall–Kier alpha value is -4.07. The fourth-order valence-corrected chi connectivity index (χ4v) is 4.58. The molecule has 37 heavy (non-hydrogen) atoms. The number of aromatic amines is 1. The van der Waals surface area contributed by atoms with Gasteiger partial charge in [-0.15, -0.1) is 0 Å². The Morgan fingerprint density at radius 2 is 1.89 bits per heavy atom. The van der Waals surface area contributed by atoms with Crippen LogP contribution in [0.1, 0.15) is 67.0 Å². The first-order valence-electron chi connectivity index (χ1n) is 12.6. The molecule has 1 aromatic carbocycles. The first kappa shape index (κ1) is 26.0. The summed E-state index contributed by atoms with van der Waals surface area (Å²) in [4.78, 5) is 33.6. The van der Waals surface area contributed by atoms with Crippen LogP contribution in [0.5, 0.6) is 11.5 Å². The summed E-state index contributed by atoms with van der Waals surface area (Å²) in [5, 5.41) is 2.92. The number of pyridine rings is 2. The molecule has 1 unspecified atom stereocenters. The number of nitrogens with zero attached hydrogens (tertiary/aromatic N) is 2. The normalized spacial score (nSPS) is 11.9. The third kappa shape index (κ3) is 5.53. The number of carbonyl (C=O) groups excluding carboxylic acids is 1. The van der Waals surface area contributed by atoms with Crippen molar-refractivity contribution < 1.29 is 14.3 Å². The summed E-state index contributed by atoms with van der Waals surface area (Å²) in [5.41, 5.74) is 4.94. The lowest BCUT2D eigenvalue weighted by atomic mass is 9.99. The minimum Gasteiger partial charge on any atom is -0.497 e. The van der Waals surface area contributed by atoms with E-state index in [1.54, 1.807) is 26.4 Å². The Kier molecular flexibility index (Phi) is 7.96. The fraction of sp³-hybridized carbons (Fsp3) is 0.345. The van der Waals surface area contributed by atoms with Crippen molar-refractivity contribution in [3.05, 3.63) is 81.8 Å². The zero-order chi connectivity index (χ0) is 26.5. The molecule has 0 saturated heterocycles. The average molecular weight is 503 g/mol. The first-order chi connectivity index (χ1) is 17.9. The Morgan fingerprint density at radius 3 is 2.57 bits per heavy atom. The molecule has 1 atom stereocenters. The molecule has 194 valence electrons. The molecule has 3 aromatic heterocycles. The van der Waals surface area contributed by atoms with Crippen LogP contribution >= 0.6 is 0 Å². The van der Waals surface area contributed by atoms with Gasteiger partial charge in [-0.3, -0.25) is 14.0 Å². The molecular formula is C29H34N4O4. The number of rotatable bonds is 10. The van der Waals surface area contributed by atoms with Crippen molar-refractivity contribution in [3.8, 4) is 22.6 Å². The summed E-state index contributed by atoms with van der Waals surface area (Å²) in [6, 6.07) is 13.4. The van der Waals surface area contributed by atoms with Gasteiger partial charge in [-0.2, -0.15) is 0 Å². The molecule has 0 aliphatic carbocycles. The molecule has 0 aliphatic heterocycles. The zero-order valence-corrected chi connectivity index (χ0v) is 22.1. The van der Waals surface area contributed by atoms with E-state index in [9.17, 15) is 9.59 Å². The van der Waals surface area contributed by atoms with Crippen molar-refractivity contribution in [1.29, 1.82) is 0 Å². The summed E-state index contributed by atoms with van der Waals surface area (Å²) in [7, 11) is 1.63. The van der Waals surface area contributed by atoms with E-state index in [4.69, 9.17) is 9.47 Å². The summed E-state index contributed by atoms with van der Waals surface area (Å²) in [6.07, 6.45) is 3.74. The molecule has 0 fully saturated rings. The largest absolute Gasteiger partial charge is 0.497 e. The van der Waals surface area contributed by atoms with Crippen LogP contribution in [0.4, 0.5) is 0 Å². The predicted octanol–water partition coefficient (Wildman–Crippen LogP) is 5.24. The summed E-state index contributed by atoms with van der Waals surface area (Å²) in [5.74, 6) is 1.17. The Balaban J connectivity index is 1.75. The molecule has 1 amide bonds. The van der Waals surface area contributed by atoms with E-state index in [0.717, 1.165) is 40.9 Å². The smallest absolute Gasteiger partial charge is 0.268 e. The monoisotopic (exact) mass is 502 g/mol. The van der Waals surface area contributed by atoms with E-state index >= 15 is 0 Å². The number of amides is 1. The first-order valence-corrected chi connectivity index (χ1v) is 12.6. The molecule has 8 heteroatoms. The minimum absolute atomic E-state index is 0.0336. The van der Waals surface area contributed by atoms with Crippen molar-refractivity contribution in [2.75, 3.05) is 13.7 Å². The number of hydrogen-bond acceptors (Lipinski definition) is 5. The zero-order valence-electron chi connectivity index (χ0n) is 22.1. The molecule has 3 heterocycles. The van der Waals surface area contributed by atoms with E-state index in [2.05, 4.69) is 35.2 Å². The van der Waals surface area contributed by atoms with Crippen LogP contribution in [0.2, 0.25) is 0 Å². The number of aryl methyl sites for hydroxylation is 1. The van der Waals surface area contributed by atoms with Crippen molar-refractivity contribution >= 4 is 11.4 Å². The molecule has 4 aromatic rings. The lowest BCUT2D eigenvalue weighted by Crippen LogP contribution is -2.29. The van der Waals surface area contributed by atoms with Crippen LogP contribution in [-0.4, -0.2) is 34.0 Å². The number of imidazole rings is 1. The van der Waals surface area contributed by atoms with Gasteiger partial charge in [0.05, 0.1) is 37.0 Å². The van der Waals surface area contributed by atoms with Gasteiger partial charge in [-0.25, -0.2) is 4.98 Å². The van der Waals surface area contributed by atoms with E-state index in [-0.39, 0.29) is 23.9 Å². The Labute approximate surface area is 216 Å². The number of aromatic nitrogens is 3. The summed E-state index contributed by atoms with van der Waals surface area (Å²) < 4.78 is 12.8. The van der Waals surface area contributed by atoms with Crippen molar-refractivity contribution in [1.82, 2.24) is 19.7 Å². The number of nitrogens with one attached hydrogen (secondary N) is 2. The molecular weight excluding hydrogens is 468 g/mol. The van der Waals surface area contributed by atoms with Gasteiger partial charge < -0.3 is 19.8 Å². The van der Waals surface area contributed by atoms with Crippen molar-refractivity contribution in [3.63, 3.8) is 0 Å². The van der Waals surface area contributed by atoms with Crippen LogP contribution in [0.15, 0.2) is 53.6 Å². The summed E-state index contributed by atoms with van der Waals surface area (Å²) in [6.45, 7) is 8.42. The lowest BCUT2D eigenvalue weighted by Gasteiger charge is -2.14. The number of benzene rings is 1. The molecule has 0 radical (unpaired) electrons. The third-order valence-electron chi connectivity index (χ3n) is 6.48. The lowest BCUT2D eigenvalue weighted by molar-refractivity contribution is 0.0944.